The number of rotatable bonds is 4. The largest absolute Gasteiger partial charge is 0.320 e. The molecule has 0 fully saturated rings. The molecule has 2 aromatic rings. The number of hydrogen-bond acceptors (Lipinski definition) is 4. The maximum atomic E-state index is 12.0. The van der Waals surface area contributed by atoms with Crippen molar-refractivity contribution in [2.24, 2.45) is 11.7 Å². The second-order valence-corrected chi connectivity index (χ2v) is 7.31. The van der Waals surface area contributed by atoms with Crippen molar-refractivity contribution < 1.29 is 4.79 Å². The molecule has 1 aromatic heterocycles. The van der Waals surface area contributed by atoms with E-state index in [4.69, 9.17) is 5.73 Å². The molecule has 1 aromatic carbocycles. The number of aromatic nitrogens is 1. The lowest BCUT2D eigenvalue weighted by Gasteiger charge is -2.13. The van der Waals surface area contributed by atoms with Crippen LogP contribution in [0.2, 0.25) is 0 Å². The summed E-state index contributed by atoms with van der Waals surface area (Å²) in [6, 6.07) is 7.42. The Hall–Kier alpha value is -0.950. The van der Waals surface area contributed by atoms with Crippen LogP contribution in [0, 0.1) is 12.8 Å². The first kappa shape index (κ1) is 19.1. The molecule has 0 bridgehead atoms. The second kappa shape index (κ2) is 8.06. The fourth-order valence-corrected chi connectivity index (χ4v) is 2.92. The van der Waals surface area contributed by atoms with Gasteiger partial charge in [0.15, 0.2) is 5.13 Å². The first-order chi connectivity index (χ1) is 9.88. The number of hydrogen-bond donors (Lipinski definition) is 2. The molecular formula is C15H19BrClN3OS. The summed E-state index contributed by atoms with van der Waals surface area (Å²) in [5, 5.41) is 3.39. The summed E-state index contributed by atoms with van der Waals surface area (Å²) >= 11 is 4.88. The molecule has 2 rings (SSSR count). The molecule has 22 heavy (non-hydrogen) atoms. The van der Waals surface area contributed by atoms with Gasteiger partial charge in [-0.15, -0.1) is 23.7 Å². The van der Waals surface area contributed by atoms with Crippen LogP contribution in [-0.4, -0.2) is 16.9 Å². The molecule has 0 aliphatic heterocycles. The van der Waals surface area contributed by atoms with E-state index in [0.29, 0.717) is 5.13 Å². The van der Waals surface area contributed by atoms with Crippen LogP contribution in [0.3, 0.4) is 0 Å². The Bertz CT molecular complexity index is 643. The number of nitrogens with one attached hydrogen (secondary N) is 1. The average Bonchev–Trinajstić information content (AvgIpc) is 2.79. The Balaban J connectivity index is 0.00000242. The molecule has 0 aliphatic carbocycles. The van der Waals surface area contributed by atoms with E-state index in [-0.39, 0.29) is 24.2 Å². The number of aryl methyl sites for hydroxylation is 1. The Kier molecular flexibility index (Phi) is 6.99. The number of nitrogens with zero attached hydrogens (tertiary/aromatic N) is 1. The van der Waals surface area contributed by atoms with E-state index < -0.39 is 6.04 Å². The van der Waals surface area contributed by atoms with Crippen LogP contribution < -0.4 is 11.1 Å². The highest BCUT2D eigenvalue weighted by atomic mass is 79.9. The minimum atomic E-state index is -0.523. The van der Waals surface area contributed by atoms with Crippen LogP contribution >= 0.6 is 39.7 Å². The SMILES string of the molecule is Cc1sc(NC(=O)[C@@H](N)C(C)C)nc1-c1ccc(Br)cc1.Cl. The van der Waals surface area contributed by atoms with Gasteiger partial charge in [0.2, 0.25) is 5.91 Å². The molecule has 0 saturated carbocycles. The zero-order valence-corrected chi connectivity index (χ0v) is 15.8. The number of carbonyl (C=O) groups is 1. The Morgan fingerprint density at radius 2 is 1.91 bits per heavy atom. The summed E-state index contributed by atoms with van der Waals surface area (Å²) in [4.78, 5) is 17.5. The van der Waals surface area contributed by atoms with Gasteiger partial charge in [-0.05, 0) is 25.0 Å². The molecule has 1 heterocycles. The summed E-state index contributed by atoms with van der Waals surface area (Å²) in [6.07, 6.45) is 0. The van der Waals surface area contributed by atoms with Crippen molar-refractivity contribution in [2.45, 2.75) is 26.8 Å². The van der Waals surface area contributed by atoms with Crippen molar-refractivity contribution in [2.75, 3.05) is 5.32 Å². The van der Waals surface area contributed by atoms with Gasteiger partial charge in [0.1, 0.15) is 0 Å². The van der Waals surface area contributed by atoms with Crippen LogP contribution in [0.4, 0.5) is 5.13 Å². The number of nitrogens with two attached hydrogens (primary N) is 1. The van der Waals surface area contributed by atoms with Gasteiger partial charge >= 0.3 is 0 Å². The normalized spacial score (nSPS) is 11.9. The minimum absolute atomic E-state index is 0. The monoisotopic (exact) mass is 403 g/mol. The van der Waals surface area contributed by atoms with Crippen LogP contribution in [0.1, 0.15) is 18.7 Å². The fourth-order valence-electron chi connectivity index (χ4n) is 1.82. The van der Waals surface area contributed by atoms with Crippen LogP contribution in [0.15, 0.2) is 28.7 Å². The van der Waals surface area contributed by atoms with E-state index in [2.05, 4.69) is 26.2 Å². The first-order valence-electron chi connectivity index (χ1n) is 6.68. The molecule has 7 heteroatoms. The standard InChI is InChI=1S/C15H18BrN3OS.ClH/c1-8(2)12(17)14(20)19-15-18-13(9(3)21-15)10-4-6-11(16)7-5-10;/h4-8,12H,17H2,1-3H3,(H,18,19,20);1H/t12-;/m0./s1. The third-order valence-electron chi connectivity index (χ3n) is 3.17. The number of anilines is 1. The molecule has 1 amide bonds. The van der Waals surface area contributed by atoms with Gasteiger partial charge in [0.05, 0.1) is 11.7 Å². The minimum Gasteiger partial charge on any atom is -0.320 e. The number of carbonyl (C=O) groups excluding carboxylic acids is 1. The second-order valence-electron chi connectivity index (χ2n) is 5.19. The smallest absolute Gasteiger partial charge is 0.243 e. The lowest BCUT2D eigenvalue weighted by molar-refractivity contribution is -0.118. The lowest BCUT2D eigenvalue weighted by Crippen LogP contribution is -2.39. The summed E-state index contributed by atoms with van der Waals surface area (Å²) in [7, 11) is 0. The van der Waals surface area contributed by atoms with Gasteiger partial charge in [-0.2, -0.15) is 0 Å². The number of amides is 1. The van der Waals surface area contributed by atoms with Gasteiger partial charge in [-0.3, -0.25) is 4.79 Å². The van der Waals surface area contributed by atoms with Crippen molar-refractivity contribution in [1.82, 2.24) is 4.98 Å². The Morgan fingerprint density at radius 1 is 1.32 bits per heavy atom. The maximum absolute atomic E-state index is 12.0. The Morgan fingerprint density at radius 3 is 2.45 bits per heavy atom. The molecule has 120 valence electrons. The predicted octanol–water partition coefficient (Wildman–Crippen LogP) is 4.22. The highest BCUT2D eigenvalue weighted by molar-refractivity contribution is 9.10. The van der Waals surface area contributed by atoms with Gasteiger partial charge in [-0.1, -0.05) is 41.9 Å². The molecular weight excluding hydrogens is 386 g/mol. The van der Waals surface area contributed by atoms with E-state index >= 15 is 0 Å². The number of benzene rings is 1. The summed E-state index contributed by atoms with van der Waals surface area (Å²) in [5.41, 5.74) is 7.76. The van der Waals surface area contributed by atoms with E-state index in [9.17, 15) is 4.79 Å². The topological polar surface area (TPSA) is 68.0 Å². The highest BCUT2D eigenvalue weighted by Crippen LogP contribution is 2.31. The van der Waals surface area contributed by atoms with E-state index in [1.54, 1.807) is 0 Å². The third-order valence-corrected chi connectivity index (χ3v) is 4.58. The number of halogens is 2. The van der Waals surface area contributed by atoms with Gasteiger partial charge < -0.3 is 11.1 Å². The summed E-state index contributed by atoms with van der Waals surface area (Å²) in [6.45, 7) is 5.84. The van der Waals surface area contributed by atoms with Crippen molar-refractivity contribution in [3.8, 4) is 11.3 Å². The van der Waals surface area contributed by atoms with Crippen LogP contribution in [0.25, 0.3) is 11.3 Å². The molecule has 0 unspecified atom stereocenters. The molecule has 0 aliphatic rings. The molecule has 0 saturated heterocycles. The molecule has 3 N–H and O–H groups in total. The van der Waals surface area contributed by atoms with Crippen LogP contribution in [-0.2, 0) is 4.79 Å². The van der Waals surface area contributed by atoms with E-state index in [1.165, 1.54) is 11.3 Å². The highest BCUT2D eigenvalue weighted by Gasteiger charge is 2.19. The van der Waals surface area contributed by atoms with E-state index in [1.807, 2.05) is 45.0 Å². The Labute approximate surface area is 149 Å². The molecule has 0 spiro atoms. The molecule has 4 nitrogen and oxygen atoms in total. The maximum Gasteiger partial charge on any atom is 0.243 e. The quantitative estimate of drug-likeness (QED) is 0.801. The summed E-state index contributed by atoms with van der Waals surface area (Å²) < 4.78 is 1.02. The predicted molar refractivity (Wildman–Crippen MR) is 98.7 cm³/mol. The lowest BCUT2D eigenvalue weighted by atomic mass is 10.1. The van der Waals surface area contributed by atoms with Gasteiger partial charge in [0.25, 0.3) is 0 Å². The van der Waals surface area contributed by atoms with Crippen molar-refractivity contribution in [3.05, 3.63) is 33.6 Å². The van der Waals surface area contributed by atoms with Gasteiger partial charge in [0, 0.05) is 14.9 Å². The fraction of sp³-hybridized carbons (Fsp3) is 0.333. The average molecular weight is 405 g/mol. The van der Waals surface area contributed by atoms with Crippen molar-refractivity contribution in [3.63, 3.8) is 0 Å². The molecule has 0 radical (unpaired) electrons. The molecule has 1 atom stereocenters. The zero-order valence-electron chi connectivity index (χ0n) is 12.6. The number of thiazole rings is 1. The zero-order chi connectivity index (χ0) is 15.6. The van der Waals surface area contributed by atoms with E-state index in [0.717, 1.165) is 20.6 Å². The first-order valence-corrected chi connectivity index (χ1v) is 8.29. The van der Waals surface area contributed by atoms with Crippen LogP contribution in [0.5, 0.6) is 0 Å². The summed E-state index contributed by atoms with van der Waals surface area (Å²) in [5.74, 6) is -0.0990. The van der Waals surface area contributed by atoms with Gasteiger partial charge in [-0.25, -0.2) is 4.98 Å². The van der Waals surface area contributed by atoms with Crippen molar-refractivity contribution in [1.29, 1.82) is 0 Å². The third kappa shape index (κ3) is 4.52. The van der Waals surface area contributed by atoms with Crippen molar-refractivity contribution >= 4 is 50.7 Å².